The molecule has 1 N–H and O–H groups in total. The molecule has 10 nitrogen and oxygen atoms in total. The van der Waals surface area contributed by atoms with E-state index < -0.39 is 22.1 Å². The van der Waals surface area contributed by atoms with Crippen molar-refractivity contribution in [3.8, 4) is 0 Å². The number of pyridine rings is 1. The maximum atomic E-state index is 13.1. The number of likely N-dealkylation sites (tertiary alicyclic amines) is 1. The lowest BCUT2D eigenvalue weighted by Crippen LogP contribution is -2.44. The fourth-order valence-corrected chi connectivity index (χ4v) is 6.51. The van der Waals surface area contributed by atoms with E-state index in [1.165, 1.54) is 21.5 Å². The van der Waals surface area contributed by atoms with Crippen LogP contribution in [0.4, 0.5) is 5.69 Å². The van der Waals surface area contributed by atoms with Crippen molar-refractivity contribution in [3.63, 3.8) is 0 Å². The van der Waals surface area contributed by atoms with Crippen molar-refractivity contribution >= 4 is 33.3 Å². The lowest BCUT2D eigenvalue weighted by Gasteiger charge is -2.25. The molecule has 37 heavy (non-hydrogen) atoms. The predicted molar refractivity (Wildman–Crippen MR) is 139 cm³/mol. The highest BCUT2D eigenvalue weighted by Crippen LogP contribution is 2.34. The van der Waals surface area contributed by atoms with Gasteiger partial charge in [-0.3, -0.25) is 14.4 Å². The molecule has 0 bridgehead atoms. The molecule has 2 fully saturated rings. The second-order valence-corrected chi connectivity index (χ2v) is 11.7. The molecule has 3 unspecified atom stereocenters. The van der Waals surface area contributed by atoms with Crippen LogP contribution in [-0.2, 0) is 19.6 Å². The highest BCUT2D eigenvalue weighted by molar-refractivity contribution is 7.89. The second-order valence-electron chi connectivity index (χ2n) is 9.87. The summed E-state index contributed by atoms with van der Waals surface area (Å²) in [5, 5.41) is 2.79. The number of carbonyl (C=O) groups is 3. The first-order valence-electron chi connectivity index (χ1n) is 12.4. The quantitative estimate of drug-likeness (QED) is 0.525. The van der Waals surface area contributed by atoms with E-state index in [0.717, 1.165) is 5.69 Å². The van der Waals surface area contributed by atoms with Gasteiger partial charge in [0.15, 0.2) is 10.8 Å². The Balaban J connectivity index is 1.29. The molecular weight excluding hydrogens is 494 g/mol. The Morgan fingerprint density at radius 2 is 1.89 bits per heavy atom. The summed E-state index contributed by atoms with van der Waals surface area (Å²) in [7, 11) is -0.0604. The molecule has 0 spiro atoms. The molecule has 2 aliphatic rings. The van der Waals surface area contributed by atoms with E-state index >= 15 is 0 Å². The van der Waals surface area contributed by atoms with Crippen LogP contribution in [0.3, 0.4) is 0 Å². The number of rotatable bonds is 9. The molecule has 4 rings (SSSR count). The number of carbonyl (C=O) groups excluding carboxylic acids is 3. The molecule has 0 saturated carbocycles. The largest absolute Gasteiger partial charge is 0.378 e. The number of fused-ring (bicyclic) bond motifs is 1. The van der Waals surface area contributed by atoms with Gasteiger partial charge in [0.1, 0.15) is 6.04 Å². The monoisotopic (exact) mass is 527 g/mol. The molecule has 3 heterocycles. The first-order chi connectivity index (χ1) is 17.6. The fraction of sp³-hybridized carbons (Fsp3) is 0.462. The number of hydrogen-bond donors (Lipinski definition) is 1. The Hall–Kier alpha value is -3.31. The van der Waals surface area contributed by atoms with Crippen LogP contribution >= 0.6 is 0 Å². The molecular formula is C26H33N5O5S. The SMILES string of the molecule is CC(CCNC(=O)c1ccc(N(C)C)cc1)CC(=O)N1CCC2C1C(=O)CN2S(=O)(=O)c1ccccn1. The van der Waals surface area contributed by atoms with Gasteiger partial charge in [-0.05, 0) is 55.2 Å². The van der Waals surface area contributed by atoms with Crippen molar-refractivity contribution in [1.82, 2.24) is 19.5 Å². The van der Waals surface area contributed by atoms with E-state index in [1.54, 1.807) is 24.3 Å². The zero-order chi connectivity index (χ0) is 26.7. The summed E-state index contributed by atoms with van der Waals surface area (Å²) in [6, 6.07) is 10.6. The van der Waals surface area contributed by atoms with Crippen molar-refractivity contribution in [2.24, 2.45) is 5.92 Å². The first-order valence-corrected chi connectivity index (χ1v) is 13.8. The van der Waals surface area contributed by atoms with E-state index in [9.17, 15) is 22.8 Å². The summed E-state index contributed by atoms with van der Waals surface area (Å²) in [6.45, 7) is 2.43. The molecule has 2 aliphatic heterocycles. The smallest absolute Gasteiger partial charge is 0.261 e. The first kappa shape index (κ1) is 26.7. The van der Waals surface area contributed by atoms with Gasteiger partial charge in [-0.15, -0.1) is 0 Å². The van der Waals surface area contributed by atoms with Crippen molar-refractivity contribution in [2.45, 2.75) is 43.3 Å². The highest BCUT2D eigenvalue weighted by Gasteiger charge is 2.53. The number of ketones is 1. The third-order valence-electron chi connectivity index (χ3n) is 7.00. The topological polar surface area (TPSA) is 120 Å². The molecule has 2 saturated heterocycles. The van der Waals surface area contributed by atoms with E-state index in [1.807, 2.05) is 38.1 Å². The van der Waals surface area contributed by atoms with Crippen LogP contribution < -0.4 is 10.2 Å². The van der Waals surface area contributed by atoms with Crippen LogP contribution in [0, 0.1) is 5.92 Å². The minimum absolute atomic E-state index is 0.0205. The Morgan fingerprint density at radius 1 is 1.16 bits per heavy atom. The van der Waals surface area contributed by atoms with Gasteiger partial charge in [-0.25, -0.2) is 13.4 Å². The van der Waals surface area contributed by atoms with Gasteiger partial charge in [0, 0.05) is 51.1 Å². The highest BCUT2D eigenvalue weighted by atomic mass is 32.2. The standard InChI is InChI=1S/C26H33N5O5S/c1-18(11-14-28-26(34)19-7-9-20(10-8-19)29(2)3)16-24(33)30-15-12-21-25(30)22(32)17-31(21)37(35,36)23-6-4-5-13-27-23/h4-10,13,18,21,25H,11-12,14-17H2,1-3H3,(H,28,34). The van der Waals surface area contributed by atoms with Crippen LogP contribution in [0.1, 0.15) is 36.5 Å². The van der Waals surface area contributed by atoms with Gasteiger partial charge in [0.25, 0.3) is 15.9 Å². The van der Waals surface area contributed by atoms with Gasteiger partial charge >= 0.3 is 0 Å². The molecule has 2 amide bonds. The number of aromatic nitrogens is 1. The van der Waals surface area contributed by atoms with Crippen LogP contribution in [0.5, 0.6) is 0 Å². The maximum Gasteiger partial charge on any atom is 0.261 e. The Labute approximate surface area is 217 Å². The third kappa shape index (κ3) is 5.67. The lowest BCUT2D eigenvalue weighted by atomic mass is 10.0. The van der Waals surface area contributed by atoms with Crippen molar-refractivity contribution in [3.05, 3.63) is 54.2 Å². The number of Topliss-reactive ketones (excluding diaryl/α,β-unsaturated/α-hetero) is 1. The zero-order valence-corrected chi connectivity index (χ0v) is 22.1. The molecule has 3 atom stereocenters. The van der Waals surface area contributed by atoms with Gasteiger partial charge in [0.05, 0.1) is 12.6 Å². The number of amides is 2. The molecule has 0 aliphatic carbocycles. The number of sulfonamides is 1. The summed E-state index contributed by atoms with van der Waals surface area (Å²) in [6.07, 6.45) is 2.63. The van der Waals surface area contributed by atoms with E-state index in [4.69, 9.17) is 0 Å². The summed E-state index contributed by atoms with van der Waals surface area (Å²) >= 11 is 0. The van der Waals surface area contributed by atoms with Gasteiger partial charge < -0.3 is 15.1 Å². The summed E-state index contributed by atoms with van der Waals surface area (Å²) in [5.74, 6) is -0.628. The average molecular weight is 528 g/mol. The molecule has 0 radical (unpaired) electrons. The number of nitrogens with zero attached hydrogens (tertiary/aromatic N) is 4. The number of anilines is 1. The summed E-state index contributed by atoms with van der Waals surface area (Å²) < 4.78 is 27.3. The van der Waals surface area contributed by atoms with E-state index in [-0.39, 0.29) is 41.5 Å². The van der Waals surface area contributed by atoms with Crippen molar-refractivity contribution < 1.29 is 22.8 Å². The lowest BCUT2D eigenvalue weighted by molar-refractivity contribution is -0.137. The molecule has 1 aromatic carbocycles. The number of benzene rings is 1. The molecule has 11 heteroatoms. The third-order valence-corrected chi connectivity index (χ3v) is 8.79. The minimum Gasteiger partial charge on any atom is -0.378 e. The number of hydrogen-bond acceptors (Lipinski definition) is 7. The van der Waals surface area contributed by atoms with Crippen LogP contribution in [0.25, 0.3) is 0 Å². The second kappa shape index (κ2) is 11.0. The molecule has 198 valence electrons. The average Bonchev–Trinajstić information content (AvgIpc) is 3.46. The van der Waals surface area contributed by atoms with Crippen LogP contribution in [-0.4, -0.2) is 86.0 Å². The molecule has 2 aromatic rings. The molecule has 1 aromatic heterocycles. The van der Waals surface area contributed by atoms with Crippen LogP contribution in [0.2, 0.25) is 0 Å². The van der Waals surface area contributed by atoms with E-state index in [2.05, 4.69) is 10.3 Å². The maximum absolute atomic E-state index is 13.1. The van der Waals surface area contributed by atoms with Gasteiger partial charge in [0.2, 0.25) is 5.91 Å². The summed E-state index contributed by atoms with van der Waals surface area (Å²) in [4.78, 5) is 45.7. The summed E-state index contributed by atoms with van der Waals surface area (Å²) in [5.41, 5.74) is 1.58. The predicted octanol–water partition coefficient (Wildman–Crippen LogP) is 1.54. The van der Waals surface area contributed by atoms with Gasteiger partial charge in [-0.1, -0.05) is 13.0 Å². The van der Waals surface area contributed by atoms with Gasteiger partial charge in [-0.2, -0.15) is 4.31 Å². The normalized spacial score (nSPS) is 20.5. The Kier molecular flexibility index (Phi) is 7.93. The number of nitrogens with one attached hydrogen (secondary N) is 1. The Morgan fingerprint density at radius 3 is 2.54 bits per heavy atom. The van der Waals surface area contributed by atoms with Crippen LogP contribution in [0.15, 0.2) is 53.7 Å². The zero-order valence-electron chi connectivity index (χ0n) is 21.3. The Bertz CT molecular complexity index is 1250. The van der Waals surface area contributed by atoms with Crippen molar-refractivity contribution in [1.29, 1.82) is 0 Å². The van der Waals surface area contributed by atoms with E-state index in [0.29, 0.717) is 31.5 Å². The fourth-order valence-electron chi connectivity index (χ4n) is 4.96. The van der Waals surface area contributed by atoms with Crippen molar-refractivity contribution in [2.75, 3.05) is 38.6 Å². The minimum atomic E-state index is -3.93.